The minimum absolute atomic E-state index is 0.750. The summed E-state index contributed by atoms with van der Waals surface area (Å²) in [5, 5.41) is 7.33. The lowest BCUT2D eigenvalue weighted by atomic mass is 10.4. The molecule has 0 bridgehead atoms. The predicted octanol–water partition coefficient (Wildman–Crippen LogP) is 2.63. The third kappa shape index (κ3) is 27.6. The lowest BCUT2D eigenvalue weighted by molar-refractivity contribution is 0.245. The highest BCUT2D eigenvalue weighted by molar-refractivity contribution is 4.47. The maximum absolute atomic E-state index is 7.33. The molecule has 0 aromatic carbocycles. The van der Waals surface area contributed by atoms with E-state index in [1.807, 2.05) is 0 Å². The van der Waals surface area contributed by atoms with Crippen molar-refractivity contribution in [1.82, 2.24) is 0 Å². The second kappa shape index (κ2) is 15.7. The number of unbranched alkanes of at least 4 members (excludes halogenated alkanes) is 1. The van der Waals surface area contributed by atoms with Gasteiger partial charge in [-0.25, -0.2) is 0 Å². The lowest BCUT2D eigenvalue weighted by Crippen LogP contribution is -1.83. The summed E-state index contributed by atoms with van der Waals surface area (Å²) in [7, 11) is 0. The van der Waals surface area contributed by atoms with E-state index in [4.69, 9.17) is 9.84 Å². The zero-order valence-corrected chi connectivity index (χ0v) is 6.55. The van der Waals surface area contributed by atoms with Gasteiger partial charge in [0.15, 0.2) is 0 Å². The first kappa shape index (κ1) is 11.8. The molecule has 0 aliphatic heterocycles. The fraction of sp³-hybridized carbons (Fsp3) is 0.500. The van der Waals surface area contributed by atoms with Gasteiger partial charge in [0.05, 0.1) is 19.1 Å². The van der Waals surface area contributed by atoms with E-state index < -0.39 is 0 Å². The third-order valence-electron chi connectivity index (χ3n) is 0.734. The fourth-order valence-corrected chi connectivity index (χ4v) is 0.311. The normalized spacial score (nSPS) is 6.90. The van der Waals surface area contributed by atoms with Gasteiger partial charge >= 0.3 is 0 Å². The van der Waals surface area contributed by atoms with E-state index in [-0.39, 0.29) is 0 Å². The summed E-state index contributed by atoms with van der Waals surface area (Å²) in [6, 6.07) is 0. The lowest BCUT2D eigenvalue weighted by Gasteiger charge is -1.93. The third-order valence-corrected chi connectivity index (χ3v) is 0.734. The molecule has 0 aliphatic rings. The van der Waals surface area contributed by atoms with Crippen molar-refractivity contribution in [2.24, 2.45) is 0 Å². The molecule has 0 fully saturated rings. The zero-order chi connectivity index (χ0) is 8.24. The molecular weight excluding hydrogens is 128 g/mol. The number of rotatable bonds is 4. The van der Waals surface area contributed by atoms with Crippen LogP contribution in [-0.2, 0) is 4.74 Å². The second-order valence-electron chi connectivity index (χ2n) is 1.57. The summed E-state index contributed by atoms with van der Waals surface area (Å²) in [5.74, 6) is 0. The van der Waals surface area contributed by atoms with E-state index in [1.54, 1.807) is 0 Å². The molecule has 0 radical (unpaired) electrons. The molecule has 0 rings (SSSR count). The minimum Gasteiger partial charge on any atom is -0.516 e. The molecule has 0 saturated heterocycles. The van der Waals surface area contributed by atoms with E-state index in [0.717, 1.165) is 19.3 Å². The minimum atomic E-state index is 0.750. The molecule has 10 heavy (non-hydrogen) atoms. The van der Waals surface area contributed by atoms with Crippen LogP contribution in [0.3, 0.4) is 0 Å². The Balaban J connectivity index is 0. The molecule has 0 spiro atoms. The van der Waals surface area contributed by atoms with Crippen molar-refractivity contribution in [2.45, 2.75) is 19.8 Å². The van der Waals surface area contributed by atoms with Crippen molar-refractivity contribution >= 4 is 0 Å². The SMILES string of the molecule is C=CO.C=COCCCC. The van der Waals surface area contributed by atoms with E-state index in [1.165, 1.54) is 12.7 Å². The van der Waals surface area contributed by atoms with Gasteiger partial charge in [-0.1, -0.05) is 26.5 Å². The van der Waals surface area contributed by atoms with Gasteiger partial charge in [0.25, 0.3) is 0 Å². The Bertz CT molecular complexity index is 69.7. The van der Waals surface area contributed by atoms with Crippen LogP contribution in [0.2, 0.25) is 0 Å². The van der Waals surface area contributed by atoms with Crippen LogP contribution in [0.1, 0.15) is 19.8 Å². The number of ether oxygens (including phenoxy) is 1. The number of aliphatic hydroxyl groups is 1. The predicted molar refractivity (Wildman–Crippen MR) is 43.9 cm³/mol. The van der Waals surface area contributed by atoms with Crippen molar-refractivity contribution in [3.8, 4) is 0 Å². The topological polar surface area (TPSA) is 29.5 Å². The van der Waals surface area contributed by atoms with Crippen molar-refractivity contribution in [2.75, 3.05) is 6.61 Å². The summed E-state index contributed by atoms with van der Waals surface area (Å²) in [5.41, 5.74) is 0. The van der Waals surface area contributed by atoms with Crippen LogP contribution in [0.5, 0.6) is 0 Å². The molecule has 2 heteroatoms. The molecule has 60 valence electrons. The fourth-order valence-electron chi connectivity index (χ4n) is 0.311. The van der Waals surface area contributed by atoms with E-state index >= 15 is 0 Å². The average Bonchev–Trinajstić information content (AvgIpc) is 1.91. The van der Waals surface area contributed by atoms with Gasteiger partial charge in [0, 0.05) is 0 Å². The van der Waals surface area contributed by atoms with Gasteiger partial charge in [0.1, 0.15) is 0 Å². The van der Waals surface area contributed by atoms with Crippen molar-refractivity contribution in [1.29, 1.82) is 0 Å². The molecule has 0 amide bonds. The van der Waals surface area contributed by atoms with Gasteiger partial charge < -0.3 is 9.84 Å². The first-order valence-electron chi connectivity index (χ1n) is 3.31. The first-order chi connectivity index (χ1) is 4.83. The van der Waals surface area contributed by atoms with Gasteiger partial charge in [-0.05, 0) is 6.42 Å². The average molecular weight is 144 g/mol. The Kier molecular flexibility index (Phi) is 18.6. The number of hydrogen-bond donors (Lipinski definition) is 1. The van der Waals surface area contributed by atoms with Gasteiger partial charge in [0.2, 0.25) is 0 Å². The Morgan fingerprint density at radius 1 is 1.50 bits per heavy atom. The van der Waals surface area contributed by atoms with Gasteiger partial charge in [-0.3, -0.25) is 0 Å². The highest BCUT2D eigenvalue weighted by Crippen LogP contribution is 1.85. The molecule has 0 aliphatic carbocycles. The monoisotopic (exact) mass is 144 g/mol. The van der Waals surface area contributed by atoms with E-state index in [2.05, 4.69) is 20.1 Å². The smallest absolute Gasteiger partial charge is 0.0872 e. The second-order valence-corrected chi connectivity index (χ2v) is 1.57. The van der Waals surface area contributed by atoms with Crippen molar-refractivity contribution in [3.63, 3.8) is 0 Å². The summed E-state index contributed by atoms with van der Waals surface area (Å²) >= 11 is 0. The van der Waals surface area contributed by atoms with Crippen LogP contribution in [0.4, 0.5) is 0 Å². The Morgan fingerprint density at radius 3 is 2.30 bits per heavy atom. The maximum atomic E-state index is 7.33. The van der Waals surface area contributed by atoms with E-state index in [9.17, 15) is 0 Å². The zero-order valence-electron chi connectivity index (χ0n) is 6.55. The largest absolute Gasteiger partial charge is 0.516 e. The summed E-state index contributed by atoms with van der Waals surface area (Å²) < 4.78 is 4.84. The van der Waals surface area contributed by atoms with Crippen LogP contribution < -0.4 is 0 Å². The molecule has 0 atom stereocenters. The van der Waals surface area contributed by atoms with Crippen molar-refractivity contribution < 1.29 is 9.84 Å². The van der Waals surface area contributed by atoms with E-state index in [0.29, 0.717) is 0 Å². The standard InChI is InChI=1S/C6H12O.C2H4O/c1-3-5-6-7-4-2;1-2-3/h4H,2-3,5-6H2,1H3;2-3H,1H2. The maximum Gasteiger partial charge on any atom is 0.0872 e. The van der Waals surface area contributed by atoms with Gasteiger partial charge in [-0.15, -0.1) is 0 Å². The highest BCUT2D eigenvalue weighted by Gasteiger charge is 1.76. The Hall–Kier alpha value is -0.920. The van der Waals surface area contributed by atoms with Crippen LogP contribution >= 0.6 is 0 Å². The molecule has 0 aromatic heterocycles. The number of aliphatic hydroxyl groups excluding tert-OH is 1. The van der Waals surface area contributed by atoms with Crippen LogP contribution in [0.25, 0.3) is 0 Å². The molecular formula is C8H16O2. The molecule has 2 nitrogen and oxygen atoms in total. The van der Waals surface area contributed by atoms with Gasteiger partial charge in [-0.2, -0.15) is 0 Å². The summed E-state index contributed by atoms with van der Waals surface area (Å²) in [4.78, 5) is 0. The molecule has 0 unspecified atom stereocenters. The first-order valence-corrected chi connectivity index (χ1v) is 3.31. The quantitative estimate of drug-likeness (QED) is 0.485. The van der Waals surface area contributed by atoms with Crippen LogP contribution in [0.15, 0.2) is 25.7 Å². The molecule has 1 N–H and O–H groups in total. The van der Waals surface area contributed by atoms with Crippen molar-refractivity contribution in [3.05, 3.63) is 25.7 Å². The molecule has 0 heterocycles. The molecule has 0 aromatic rings. The summed E-state index contributed by atoms with van der Waals surface area (Å²) in [6.45, 7) is 9.28. The number of hydrogen-bond acceptors (Lipinski definition) is 2. The Morgan fingerprint density at radius 2 is 2.00 bits per heavy atom. The molecule has 0 saturated carbocycles. The highest BCUT2D eigenvalue weighted by atomic mass is 16.5. The Labute approximate surface area is 62.8 Å². The summed E-state index contributed by atoms with van der Waals surface area (Å²) in [6.07, 6.45) is 4.55. The van der Waals surface area contributed by atoms with Crippen LogP contribution in [0, 0.1) is 0 Å². The van der Waals surface area contributed by atoms with Crippen LogP contribution in [-0.4, -0.2) is 11.7 Å².